The van der Waals surface area contributed by atoms with Gasteiger partial charge in [0.15, 0.2) is 5.96 Å². The topological polar surface area (TPSA) is 85.8 Å². The first-order valence-corrected chi connectivity index (χ1v) is 10.7. The lowest BCUT2D eigenvalue weighted by Crippen LogP contribution is -2.43. The van der Waals surface area contributed by atoms with E-state index in [1.165, 1.54) is 0 Å². The van der Waals surface area contributed by atoms with Crippen LogP contribution in [0.15, 0.2) is 29.3 Å². The van der Waals surface area contributed by atoms with E-state index in [0.717, 1.165) is 43.9 Å². The molecule has 0 radical (unpaired) electrons. The standard InChI is InChI=1S/C23H40N4O2.HI/c1-7-23(8-2,13-14-28)17-26-21(24-9-3)25-16-18-11-10-12-19(15-18)20(29)27-22(4,5)6;/h10-12,15,28H,7-9,13-14,16-17H2,1-6H3,(H,27,29)(H2,24,25,26);1H. The molecule has 0 spiro atoms. The second-order valence-corrected chi connectivity index (χ2v) is 8.63. The summed E-state index contributed by atoms with van der Waals surface area (Å²) in [5, 5.41) is 19.1. The van der Waals surface area contributed by atoms with Crippen LogP contribution in [-0.4, -0.2) is 42.2 Å². The number of amides is 1. The van der Waals surface area contributed by atoms with Crippen LogP contribution in [0.4, 0.5) is 0 Å². The van der Waals surface area contributed by atoms with Gasteiger partial charge in [0.2, 0.25) is 0 Å². The van der Waals surface area contributed by atoms with Crippen molar-refractivity contribution in [1.29, 1.82) is 0 Å². The van der Waals surface area contributed by atoms with Crippen LogP contribution in [0.3, 0.4) is 0 Å². The Kier molecular flexibility index (Phi) is 13.2. The third-order valence-electron chi connectivity index (χ3n) is 5.21. The van der Waals surface area contributed by atoms with Gasteiger partial charge in [0.05, 0.1) is 6.54 Å². The van der Waals surface area contributed by atoms with Crippen LogP contribution in [0.25, 0.3) is 0 Å². The molecule has 0 bridgehead atoms. The van der Waals surface area contributed by atoms with Crippen LogP contribution in [0, 0.1) is 5.41 Å². The average molecular weight is 533 g/mol. The molecule has 4 N–H and O–H groups in total. The van der Waals surface area contributed by atoms with Crippen LogP contribution in [0.1, 0.15) is 76.7 Å². The summed E-state index contributed by atoms with van der Waals surface area (Å²) in [6.45, 7) is 14.5. The summed E-state index contributed by atoms with van der Waals surface area (Å²) in [5.74, 6) is 0.675. The van der Waals surface area contributed by atoms with E-state index in [0.29, 0.717) is 12.1 Å². The number of guanidine groups is 1. The molecule has 0 aliphatic rings. The lowest BCUT2D eigenvalue weighted by Gasteiger charge is -2.32. The second-order valence-electron chi connectivity index (χ2n) is 8.63. The molecule has 7 heteroatoms. The molecule has 1 rings (SSSR count). The van der Waals surface area contributed by atoms with Crippen molar-refractivity contribution < 1.29 is 9.90 Å². The summed E-state index contributed by atoms with van der Waals surface area (Å²) < 4.78 is 0. The van der Waals surface area contributed by atoms with E-state index in [2.05, 4.69) is 29.8 Å². The molecule has 0 atom stereocenters. The Morgan fingerprint density at radius 1 is 1.10 bits per heavy atom. The first-order valence-electron chi connectivity index (χ1n) is 10.7. The van der Waals surface area contributed by atoms with Crippen molar-refractivity contribution in [3.05, 3.63) is 35.4 Å². The lowest BCUT2D eigenvalue weighted by atomic mass is 9.79. The van der Waals surface area contributed by atoms with Crippen molar-refractivity contribution in [2.75, 3.05) is 19.7 Å². The number of nitrogens with one attached hydrogen (secondary N) is 3. The molecule has 1 amide bonds. The van der Waals surface area contributed by atoms with Gasteiger partial charge in [0, 0.05) is 30.8 Å². The summed E-state index contributed by atoms with van der Waals surface area (Å²) in [7, 11) is 0. The minimum atomic E-state index is -0.271. The van der Waals surface area contributed by atoms with Gasteiger partial charge in [-0.25, -0.2) is 4.99 Å². The maximum Gasteiger partial charge on any atom is 0.251 e. The summed E-state index contributed by atoms with van der Waals surface area (Å²) in [6, 6.07) is 7.59. The van der Waals surface area contributed by atoms with Gasteiger partial charge in [-0.05, 0) is 70.1 Å². The van der Waals surface area contributed by atoms with Gasteiger partial charge in [0.1, 0.15) is 0 Å². The summed E-state index contributed by atoms with van der Waals surface area (Å²) in [6.07, 6.45) is 2.78. The zero-order chi connectivity index (χ0) is 21.9. The van der Waals surface area contributed by atoms with Gasteiger partial charge in [-0.2, -0.15) is 0 Å². The van der Waals surface area contributed by atoms with E-state index < -0.39 is 0 Å². The van der Waals surface area contributed by atoms with Gasteiger partial charge >= 0.3 is 0 Å². The first kappa shape index (κ1) is 28.6. The average Bonchev–Trinajstić information content (AvgIpc) is 2.68. The number of carbonyl (C=O) groups excluding carboxylic acids is 1. The van der Waals surface area contributed by atoms with Crippen molar-refractivity contribution in [2.24, 2.45) is 10.4 Å². The molecule has 0 unspecified atom stereocenters. The van der Waals surface area contributed by atoms with Gasteiger partial charge < -0.3 is 21.1 Å². The minimum Gasteiger partial charge on any atom is -0.396 e. The van der Waals surface area contributed by atoms with Crippen molar-refractivity contribution in [1.82, 2.24) is 16.0 Å². The Balaban J connectivity index is 0.00000841. The predicted molar refractivity (Wildman–Crippen MR) is 137 cm³/mol. The Morgan fingerprint density at radius 2 is 1.77 bits per heavy atom. The van der Waals surface area contributed by atoms with Crippen molar-refractivity contribution in [2.45, 2.75) is 72.9 Å². The number of hydrogen-bond donors (Lipinski definition) is 4. The fraction of sp³-hybridized carbons (Fsp3) is 0.652. The number of halogens is 1. The molecule has 0 aromatic heterocycles. The van der Waals surface area contributed by atoms with Gasteiger partial charge in [-0.3, -0.25) is 4.79 Å². The molecule has 6 nitrogen and oxygen atoms in total. The van der Waals surface area contributed by atoms with Crippen LogP contribution >= 0.6 is 24.0 Å². The molecule has 0 aliphatic carbocycles. The third kappa shape index (κ3) is 10.1. The highest BCUT2D eigenvalue weighted by atomic mass is 127. The zero-order valence-corrected chi connectivity index (χ0v) is 21.8. The SMILES string of the molecule is CCNC(=NCc1cccc(C(=O)NC(C)(C)C)c1)NCC(CC)(CC)CCO.I. The van der Waals surface area contributed by atoms with Crippen molar-refractivity contribution in [3.63, 3.8) is 0 Å². The molecule has 0 fully saturated rings. The Labute approximate surface area is 199 Å². The second kappa shape index (κ2) is 13.9. The molecule has 172 valence electrons. The van der Waals surface area contributed by atoms with E-state index in [9.17, 15) is 9.90 Å². The lowest BCUT2D eigenvalue weighted by molar-refractivity contribution is 0.0919. The summed E-state index contributed by atoms with van der Waals surface area (Å²) in [5.41, 5.74) is 1.42. The van der Waals surface area contributed by atoms with Crippen LogP contribution < -0.4 is 16.0 Å². The molecule has 0 aliphatic heterocycles. The van der Waals surface area contributed by atoms with Crippen LogP contribution in [0.5, 0.6) is 0 Å². The molecule has 1 aromatic carbocycles. The monoisotopic (exact) mass is 532 g/mol. The fourth-order valence-electron chi connectivity index (χ4n) is 3.19. The molecular formula is C23H41IN4O2. The summed E-state index contributed by atoms with van der Waals surface area (Å²) in [4.78, 5) is 17.1. The number of aliphatic imine (C=N–C) groups is 1. The molecule has 30 heavy (non-hydrogen) atoms. The number of aliphatic hydroxyl groups excluding tert-OH is 1. The van der Waals surface area contributed by atoms with E-state index in [-0.39, 0.29) is 47.4 Å². The van der Waals surface area contributed by atoms with Crippen LogP contribution in [0.2, 0.25) is 0 Å². The Morgan fingerprint density at radius 3 is 2.30 bits per heavy atom. The largest absolute Gasteiger partial charge is 0.396 e. The quantitative estimate of drug-likeness (QED) is 0.208. The maximum atomic E-state index is 12.4. The zero-order valence-electron chi connectivity index (χ0n) is 19.5. The Hall–Kier alpha value is -1.35. The fourth-order valence-corrected chi connectivity index (χ4v) is 3.19. The van der Waals surface area contributed by atoms with Crippen molar-refractivity contribution >= 4 is 35.8 Å². The normalized spacial score (nSPS) is 12.2. The number of hydrogen-bond acceptors (Lipinski definition) is 3. The van der Waals surface area contributed by atoms with E-state index in [1.807, 2.05) is 52.0 Å². The maximum absolute atomic E-state index is 12.4. The number of aliphatic hydroxyl groups is 1. The molecule has 0 saturated heterocycles. The molecule has 0 saturated carbocycles. The highest BCUT2D eigenvalue weighted by Crippen LogP contribution is 2.29. The van der Waals surface area contributed by atoms with Gasteiger partial charge in [-0.15, -0.1) is 24.0 Å². The number of benzene rings is 1. The number of carbonyl (C=O) groups is 1. The summed E-state index contributed by atoms with van der Waals surface area (Å²) >= 11 is 0. The molecular weight excluding hydrogens is 491 g/mol. The van der Waals surface area contributed by atoms with Crippen LogP contribution in [-0.2, 0) is 6.54 Å². The molecule has 1 aromatic rings. The van der Waals surface area contributed by atoms with Gasteiger partial charge in [-0.1, -0.05) is 26.0 Å². The first-order chi connectivity index (χ1) is 13.7. The number of nitrogens with zero attached hydrogens (tertiary/aromatic N) is 1. The van der Waals surface area contributed by atoms with E-state index in [4.69, 9.17) is 4.99 Å². The highest BCUT2D eigenvalue weighted by Gasteiger charge is 2.25. The Bertz CT molecular complexity index is 667. The van der Waals surface area contributed by atoms with E-state index >= 15 is 0 Å². The van der Waals surface area contributed by atoms with Crippen molar-refractivity contribution in [3.8, 4) is 0 Å². The minimum absolute atomic E-state index is 0. The van der Waals surface area contributed by atoms with Gasteiger partial charge in [0.25, 0.3) is 5.91 Å². The smallest absolute Gasteiger partial charge is 0.251 e. The third-order valence-corrected chi connectivity index (χ3v) is 5.21. The van der Waals surface area contributed by atoms with E-state index in [1.54, 1.807) is 0 Å². The molecule has 0 heterocycles. The number of rotatable bonds is 10. The highest BCUT2D eigenvalue weighted by molar-refractivity contribution is 14.0. The predicted octanol–water partition coefficient (Wildman–Crippen LogP) is 4.08.